The Morgan fingerprint density at radius 2 is 1.76 bits per heavy atom. The summed E-state index contributed by atoms with van der Waals surface area (Å²) in [5.74, 6) is 0. The van der Waals surface area contributed by atoms with Crippen LogP contribution in [0.25, 0.3) is 17.0 Å². The predicted molar refractivity (Wildman–Crippen MR) is 120 cm³/mol. The molecule has 0 saturated heterocycles. The van der Waals surface area contributed by atoms with E-state index in [4.69, 9.17) is 0 Å². The van der Waals surface area contributed by atoms with E-state index in [9.17, 15) is 13.5 Å². The number of fused-ring (bicyclic) bond motifs is 1. The Hall–Kier alpha value is -2.37. The largest absolute Gasteiger partial charge is 0.389 e. The highest BCUT2D eigenvalue weighted by atomic mass is 32.2. The Labute approximate surface area is 173 Å². The second-order valence-corrected chi connectivity index (χ2v) is 9.27. The van der Waals surface area contributed by atoms with Gasteiger partial charge in [0.2, 0.25) is 0 Å². The molecule has 0 aliphatic heterocycles. The molecule has 3 aromatic rings. The van der Waals surface area contributed by atoms with Gasteiger partial charge in [-0.1, -0.05) is 74.6 Å². The number of para-hydroxylation sites is 1. The van der Waals surface area contributed by atoms with E-state index in [1.54, 1.807) is 42.5 Å². The van der Waals surface area contributed by atoms with Crippen LogP contribution in [0.5, 0.6) is 0 Å². The average molecular weight is 412 g/mol. The number of aryl methyl sites for hydroxylation is 1. The maximum atomic E-state index is 13.4. The second-order valence-electron chi connectivity index (χ2n) is 7.49. The van der Waals surface area contributed by atoms with Crippen molar-refractivity contribution < 1.29 is 13.5 Å². The van der Waals surface area contributed by atoms with Gasteiger partial charge in [0.05, 0.1) is 22.2 Å². The number of benzene rings is 2. The lowest BCUT2D eigenvalue weighted by Gasteiger charge is -2.11. The summed E-state index contributed by atoms with van der Waals surface area (Å²) in [6, 6.07) is 16.1. The molecule has 0 amide bonds. The summed E-state index contributed by atoms with van der Waals surface area (Å²) < 4.78 is 28.2. The number of aromatic nitrogens is 1. The maximum absolute atomic E-state index is 13.4. The zero-order valence-electron chi connectivity index (χ0n) is 17.1. The van der Waals surface area contributed by atoms with Crippen molar-refractivity contribution in [3.05, 3.63) is 71.9 Å². The monoisotopic (exact) mass is 411 g/mol. The molecular weight excluding hydrogens is 382 g/mol. The number of hydrogen-bond acceptors (Lipinski definition) is 3. The van der Waals surface area contributed by atoms with Gasteiger partial charge in [0, 0.05) is 5.39 Å². The molecule has 29 heavy (non-hydrogen) atoms. The number of hydrogen-bond donors (Lipinski definition) is 1. The molecule has 3 rings (SSSR count). The zero-order chi connectivity index (χ0) is 20.9. The summed E-state index contributed by atoms with van der Waals surface area (Å²) in [6.07, 6.45) is 7.90. The highest BCUT2D eigenvalue weighted by Gasteiger charge is 2.22. The van der Waals surface area contributed by atoms with E-state index in [2.05, 4.69) is 6.92 Å². The first kappa shape index (κ1) is 21.3. The molecule has 1 unspecified atom stereocenters. The molecule has 0 aliphatic rings. The van der Waals surface area contributed by atoms with Gasteiger partial charge < -0.3 is 5.11 Å². The lowest BCUT2D eigenvalue weighted by Crippen LogP contribution is -2.14. The lowest BCUT2D eigenvalue weighted by molar-refractivity contribution is 0.209. The number of aliphatic hydroxyl groups excluding tert-OH is 1. The SMILES string of the molecule is CCCCCCC(O)/C=C/c1cc2ccccc2n1S(=O)(=O)c1ccc(C)cc1. The molecule has 1 heterocycles. The molecule has 0 radical (unpaired) electrons. The third-order valence-electron chi connectivity index (χ3n) is 5.10. The highest BCUT2D eigenvalue weighted by Crippen LogP contribution is 2.27. The minimum absolute atomic E-state index is 0.249. The van der Waals surface area contributed by atoms with Gasteiger partial charge in [-0.25, -0.2) is 12.4 Å². The van der Waals surface area contributed by atoms with Gasteiger partial charge in [0.25, 0.3) is 10.0 Å². The van der Waals surface area contributed by atoms with Crippen molar-refractivity contribution in [3.63, 3.8) is 0 Å². The van der Waals surface area contributed by atoms with Gasteiger partial charge in [-0.2, -0.15) is 0 Å². The molecule has 1 N–H and O–H groups in total. The maximum Gasteiger partial charge on any atom is 0.268 e. The van der Waals surface area contributed by atoms with Crippen LogP contribution in [0.1, 0.15) is 50.3 Å². The molecule has 0 aliphatic carbocycles. The van der Waals surface area contributed by atoms with Gasteiger partial charge in [0.1, 0.15) is 0 Å². The fourth-order valence-electron chi connectivity index (χ4n) is 3.44. The average Bonchev–Trinajstić information content (AvgIpc) is 3.09. The van der Waals surface area contributed by atoms with Crippen LogP contribution in [0.2, 0.25) is 0 Å². The molecule has 5 heteroatoms. The summed E-state index contributed by atoms with van der Waals surface area (Å²) in [6.45, 7) is 4.08. The van der Waals surface area contributed by atoms with Crippen LogP contribution < -0.4 is 0 Å². The summed E-state index contributed by atoms with van der Waals surface area (Å²) in [5, 5.41) is 11.1. The third kappa shape index (κ3) is 4.98. The third-order valence-corrected chi connectivity index (χ3v) is 6.85. The minimum atomic E-state index is -3.76. The lowest BCUT2D eigenvalue weighted by atomic mass is 10.1. The van der Waals surface area contributed by atoms with Gasteiger partial charge >= 0.3 is 0 Å². The number of nitrogens with zero attached hydrogens (tertiary/aromatic N) is 1. The highest BCUT2D eigenvalue weighted by molar-refractivity contribution is 7.90. The normalized spacial score (nSPS) is 13.3. The molecule has 1 aromatic heterocycles. The molecule has 4 nitrogen and oxygen atoms in total. The first-order chi connectivity index (χ1) is 13.9. The molecule has 0 spiro atoms. The first-order valence-corrected chi connectivity index (χ1v) is 11.7. The Morgan fingerprint density at radius 1 is 1.03 bits per heavy atom. The van der Waals surface area contributed by atoms with E-state index in [-0.39, 0.29) is 4.90 Å². The van der Waals surface area contributed by atoms with E-state index >= 15 is 0 Å². The van der Waals surface area contributed by atoms with E-state index in [0.29, 0.717) is 17.6 Å². The minimum Gasteiger partial charge on any atom is -0.389 e. The van der Waals surface area contributed by atoms with Crippen LogP contribution in [0.3, 0.4) is 0 Å². The van der Waals surface area contributed by atoms with Crippen LogP contribution in [0, 0.1) is 6.92 Å². The smallest absolute Gasteiger partial charge is 0.268 e. The van der Waals surface area contributed by atoms with Crippen LogP contribution in [0.15, 0.2) is 65.6 Å². The standard InChI is InChI=1S/C24H29NO3S/c1-3-4-5-6-10-22(26)15-14-21-18-20-9-7-8-11-24(20)25(21)29(27,28)23-16-12-19(2)13-17-23/h7-9,11-18,22,26H,3-6,10H2,1-2H3/b15-14+. The zero-order valence-corrected chi connectivity index (χ0v) is 17.9. The summed E-state index contributed by atoms with van der Waals surface area (Å²) >= 11 is 0. The second kappa shape index (κ2) is 9.42. The van der Waals surface area contributed by atoms with E-state index < -0.39 is 16.1 Å². The Bertz CT molecular complexity index is 1080. The molecule has 1 atom stereocenters. The number of unbranched alkanes of at least 4 members (excludes halogenated alkanes) is 3. The van der Waals surface area contributed by atoms with E-state index in [0.717, 1.165) is 30.2 Å². The molecule has 0 bridgehead atoms. The van der Waals surface area contributed by atoms with E-state index in [1.807, 2.05) is 31.2 Å². The van der Waals surface area contributed by atoms with Crippen molar-refractivity contribution in [2.24, 2.45) is 0 Å². The predicted octanol–water partition coefficient (Wildman–Crippen LogP) is 5.53. The topological polar surface area (TPSA) is 59.3 Å². The molecule has 2 aromatic carbocycles. The van der Waals surface area contributed by atoms with Gasteiger partial charge in [-0.15, -0.1) is 0 Å². The Kier molecular flexibility index (Phi) is 6.93. The van der Waals surface area contributed by atoms with Crippen molar-refractivity contribution in [3.8, 4) is 0 Å². The van der Waals surface area contributed by atoms with Crippen molar-refractivity contribution in [1.29, 1.82) is 0 Å². The van der Waals surface area contributed by atoms with E-state index in [1.165, 1.54) is 10.4 Å². The van der Waals surface area contributed by atoms with Crippen LogP contribution >= 0.6 is 0 Å². The van der Waals surface area contributed by atoms with Crippen molar-refractivity contribution in [1.82, 2.24) is 3.97 Å². The number of rotatable bonds is 9. The fourth-order valence-corrected chi connectivity index (χ4v) is 4.94. The van der Waals surface area contributed by atoms with Gasteiger partial charge in [0.15, 0.2) is 0 Å². The summed E-state index contributed by atoms with van der Waals surface area (Å²) in [5.41, 5.74) is 2.18. The number of aliphatic hydroxyl groups is 1. The molecule has 154 valence electrons. The molecular formula is C24H29NO3S. The Balaban J connectivity index is 1.96. The summed E-state index contributed by atoms with van der Waals surface area (Å²) in [7, 11) is -3.76. The quantitative estimate of drug-likeness (QED) is 0.471. The van der Waals surface area contributed by atoms with Gasteiger partial charge in [-0.05, 0) is 43.7 Å². The Morgan fingerprint density at radius 3 is 2.48 bits per heavy atom. The first-order valence-electron chi connectivity index (χ1n) is 10.2. The molecule has 0 saturated carbocycles. The summed E-state index contributed by atoms with van der Waals surface area (Å²) in [4.78, 5) is 0.249. The molecule has 0 fully saturated rings. The van der Waals surface area contributed by atoms with Crippen molar-refractivity contribution >= 4 is 27.0 Å². The van der Waals surface area contributed by atoms with Crippen LogP contribution in [-0.2, 0) is 10.0 Å². The van der Waals surface area contributed by atoms with Gasteiger partial charge in [-0.3, -0.25) is 0 Å². The van der Waals surface area contributed by atoms with Crippen LogP contribution in [-0.4, -0.2) is 23.6 Å². The van der Waals surface area contributed by atoms with Crippen LogP contribution in [0.4, 0.5) is 0 Å². The van der Waals surface area contributed by atoms with Crippen molar-refractivity contribution in [2.45, 2.75) is 57.0 Å². The van der Waals surface area contributed by atoms with Crippen molar-refractivity contribution in [2.75, 3.05) is 0 Å². The fraction of sp³-hybridized carbons (Fsp3) is 0.333.